The third-order valence-electron chi connectivity index (χ3n) is 5.26. The molecule has 0 amide bonds. The van der Waals surface area contributed by atoms with Crippen LogP contribution in [0, 0.1) is 0 Å². The second-order valence-corrected chi connectivity index (χ2v) is 7.88. The highest BCUT2D eigenvalue weighted by Gasteiger charge is 2.14. The summed E-state index contributed by atoms with van der Waals surface area (Å²) in [5.74, 6) is 1.79. The number of benzene rings is 1. The molecule has 6 nitrogen and oxygen atoms in total. The van der Waals surface area contributed by atoms with Gasteiger partial charge in [0, 0.05) is 51.3 Å². The van der Waals surface area contributed by atoms with E-state index in [1.165, 1.54) is 45.7 Å². The molecule has 1 N–H and O–H groups in total. The van der Waals surface area contributed by atoms with Crippen LogP contribution < -0.4 is 10.1 Å². The quantitative estimate of drug-likeness (QED) is 0.336. The number of unbranched alkanes of at least 4 members (excludes halogenated alkanes) is 1. The molecule has 0 unspecified atom stereocenters. The Hall–Kier alpha value is -1.50. The third-order valence-corrected chi connectivity index (χ3v) is 5.51. The SMILES string of the molecule is CCNC(=NCCCCN1CCN(CC)CC1)N(C)CCOc1ccc(Cl)cc1. The van der Waals surface area contributed by atoms with Gasteiger partial charge in [-0.25, -0.2) is 0 Å². The van der Waals surface area contributed by atoms with Crippen LogP contribution in [0.4, 0.5) is 0 Å². The lowest BCUT2D eigenvalue weighted by Crippen LogP contribution is -2.46. The molecule has 2 rings (SSSR count). The minimum Gasteiger partial charge on any atom is -0.492 e. The molecule has 0 bridgehead atoms. The van der Waals surface area contributed by atoms with Gasteiger partial charge in [0.05, 0.1) is 6.54 Å². The van der Waals surface area contributed by atoms with E-state index in [9.17, 15) is 0 Å². The van der Waals surface area contributed by atoms with Crippen LogP contribution in [0.25, 0.3) is 0 Å². The molecule has 0 radical (unpaired) electrons. The second kappa shape index (κ2) is 13.7. The molecule has 0 atom stereocenters. The van der Waals surface area contributed by atoms with Gasteiger partial charge < -0.3 is 24.8 Å². The lowest BCUT2D eigenvalue weighted by molar-refractivity contribution is 0.136. The minimum atomic E-state index is 0.603. The Bertz CT molecular complexity index is 587. The maximum absolute atomic E-state index is 5.91. The van der Waals surface area contributed by atoms with Crippen molar-refractivity contribution in [2.24, 2.45) is 4.99 Å². The van der Waals surface area contributed by atoms with E-state index in [0.29, 0.717) is 6.61 Å². The molecule has 1 aliphatic heterocycles. The van der Waals surface area contributed by atoms with Gasteiger partial charge in [0.15, 0.2) is 5.96 Å². The van der Waals surface area contributed by atoms with E-state index in [1.54, 1.807) is 0 Å². The standard InChI is InChI=1S/C22H38ClN5O/c1-4-24-22(26(3)18-19-29-21-10-8-20(23)9-11-21)25-12-6-7-13-28-16-14-27(5-2)15-17-28/h8-11H,4-7,12-19H2,1-3H3,(H,24,25). The van der Waals surface area contributed by atoms with Crippen molar-refractivity contribution in [2.75, 3.05) is 72.6 Å². The zero-order chi connectivity index (χ0) is 20.9. The first-order valence-corrected chi connectivity index (χ1v) is 11.3. The van der Waals surface area contributed by atoms with Crippen molar-refractivity contribution in [3.05, 3.63) is 29.3 Å². The fourth-order valence-corrected chi connectivity index (χ4v) is 3.49. The summed E-state index contributed by atoms with van der Waals surface area (Å²) in [6.07, 6.45) is 2.33. The number of piperazine rings is 1. The lowest BCUT2D eigenvalue weighted by atomic mass is 10.2. The third kappa shape index (κ3) is 9.24. The number of hydrogen-bond acceptors (Lipinski definition) is 4. The molecule has 1 aromatic carbocycles. The van der Waals surface area contributed by atoms with Crippen molar-refractivity contribution >= 4 is 17.6 Å². The van der Waals surface area contributed by atoms with Crippen LogP contribution in [0.2, 0.25) is 5.02 Å². The van der Waals surface area contributed by atoms with E-state index in [2.05, 4.69) is 40.9 Å². The number of ether oxygens (including phenoxy) is 1. The smallest absolute Gasteiger partial charge is 0.193 e. The zero-order valence-electron chi connectivity index (χ0n) is 18.4. The predicted molar refractivity (Wildman–Crippen MR) is 123 cm³/mol. The molecule has 1 fully saturated rings. The Morgan fingerprint density at radius 1 is 1.10 bits per heavy atom. The highest BCUT2D eigenvalue weighted by Crippen LogP contribution is 2.15. The van der Waals surface area contributed by atoms with Crippen molar-refractivity contribution in [1.29, 1.82) is 0 Å². The summed E-state index contributed by atoms with van der Waals surface area (Å²) in [6.45, 7) is 14.6. The first kappa shape index (κ1) is 23.8. The van der Waals surface area contributed by atoms with Crippen molar-refractivity contribution in [1.82, 2.24) is 20.0 Å². The van der Waals surface area contributed by atoms with Gasteiger partial charge >= 0.3 is 0 Å². The summed E-state index contributed by atoms with van der Waals surface area (Å²) >= 11 is 5.91. The molecule has 7 heteroatoms. The Morgan fingerprint density at radius 2 is 1.79 bits per heavy atom. The second-order valence-electron chi connectivity index (χ2n) is 7.44. The fourth-order valence-electron chi connectivity index (χ4n) is 3.37. The Labute approximate surface area is 181 Å². The molecular weight excluding hydrogens is 386 g/mol. The van der Waals surface area contributed by atoms with Crippen LogP contribution >= 0.6 is 11.6 Å². The first-order chi connectivity index (χ1) is 14.1. The van der Waals surface area contributed by atoms with Crippen molar-refractivity contribution in [3.8, 4) is 5.75 Å². The molecule has 29 heavy (non-hydrogen) atoms. The van der Waals surface area contributed by atoms with Gasteiger partial charge in [0.25, 0.3) is 0 Å². The number of guanidine groups is 1. The molecule has 0 spiro atoms. The average molecular weight is 424 g/mol. The zero-order valence-corrected chi connectivity index (χ0v) is 19.1. The van der Waals surface area contributed by atoms with Gasteiger partial charge in [-0.15, -0.1) is 0 Å². The van der Waals surface area contributed by atoms with E-state index < -0.39 is 0 Å². The van der Waals surface area contributed by atoms with E-state index >= 15 is 0 Å². The summed E-state index contributed by atoms with van der Waals surface area (Å²) in [4.78, 5) is 12.0. The lowest BCUT2D eigenvalue weighted by Gasteiger charge is -2.33. The van der Waals surface area contributed by atoms with E-state index in [0.717, 1.165) is 42.8 Å². The molecule has 1 aliphatic rings. The van der Waals surface area contributed by atoms with Crippen molar-refractivity contribution in [3.63, 3.8) is 0 Å². The van der Waals surface area contributed by atoms with E-state index in [4.69, 9.17) is 21.3 Å². The van der Waals surface area contributed by atoms with Crippen LogP contribution in [0.1, 0.15) is 26.7 Å². The topological polar surface area (TPSA) is 43.3 Å². The average Bonchev–Trinajstić information content (AvgIpc) is 2.74. The highest BCUT2D eigenvalue weighted by atomic mass is 35.5. The number of halogens is 1. The number of nitrogens with one attached hydrogen (secondary N) is 1. The summed E-state index contributed by atoms with van der Waals surface area (Å²) in [5, 5.41) is 4.10. The van der Waals surface area contributed by atoms with E-state index in [1.807, 2.05) is 24.3 Å². The van der Waals surface area contributed by atoms with Crippen LogP contribution in [-0.4, -0.2) is 93.2 Å². The molecule has 0 saturated carbocycles. The summed E-state index contributed by atoms with van der Waals surface area (Å²) in [5.41, 5.74) is 0. The molecular formula is C22H38ClN5O. The number of likely N-dealkylation sites (N-methyl/N-ethyl adjacent to an activating group) is 2. The summed E-state index contributed by atoms with van der Waals surface area (Å²) in [7, 11) is 2.06. The molecule has 0 aromatic heterocycles. The van der Waals surface area contributed by atoms with Crippen LogP contribution in [0.5, 0.6) is 5.75 Å². The highest BCUT2D eigenvalue weighted by molar-refractivity contribution is 6.30. The number of hydrogen-bond donors (Lipinski definition) is 1. The summed E-state index contributed by atoms with van der Waals surface area (Å²) in [6, 6.07) is 7.47. The van der Waals surface area contributed by atoms with Gasteiger partial charge in [-0.05, 0) is 57.1 Å². The minimum absolute atomic E-state index is 0.603. The predicted octanol–water partition coefficient (Wildman–Crippen LogP) is 3.03. The Morgan fingerprint density at radius 3 is 2.45 bits per heavy atom. The van der Waals surface area contributed by atoms with Gasteiger partial charge in [-0.3, -0.25) is 4.99 Å². The fraction of sp³-hybridized carbons (Fsp3) is 0.682. The molecule has 1 aromatic rings. The molecule has 1 saturated heterocycles. The van der Waals surface area contributed by atoms with Crippen LogP contribution in [0.15, 0.2) is 29.3 Å². The van der Waals surface area contributed by atoms with Crippen LogP contribution in [0.3, 0.4) is 0 Å². The van der Waals surface area contributed by atoms with Crippen molar-refractivity contribution < 1.29 is 4.74 Å². The van der Waals surface area contributed by atoms with Gasteiger partial charge in [0.1, 0.15) is 12.4 Å². The molecule has 0 aliphatic carbocycles. The molecule has 1 heterocycles. The maximum atomic E-state index is 5.91. The van der Waals surface area contributed by atoms with Crippen molar-refractivity contribution in [2.45, 2.75) is 26.7 Å². The van der Waals surface area contributed by atoms with E-state index in [-0.39, 0.29) is 0 Å². The largest absolute Gasteiger partial charge is 0.492 e. The van der Waals surface area contributed by atoms with Gasteiger partial charge in [-0.1, -0.05) is 18.5 Å². The first-order valence-electron chi connectivity index (χ1n) is 10.9. The van der Waals surface area contributed by atoms with Crippen LogP contribution in [-0.2, 0) is 0 Å². The number of rotatable bonds is 11. The molecule has 164 valence electrons. The maximum Gasteiger partial charge on any atom is 0.193 e. The monoisotopic (exact) mass is 423 g/mol. The Kier molecular flexibility index (Phi) is 11.2. The van der Waals surface area contributed by atoms with Gasteiger partial charge in [0.2, 0.25) is 0 Å². The Balaban J connectivity index is 1.64. The number of nitrogens with zero attached hydrogens (tertiary/aromatic N) is 4. The van der Waals surface area contributed by atoms with Gasteiger partial charge in [-0.2, -0.15) is 0 Å². The summed E-state index contributed by atoms with van der Waals surface area (Å²) < 4.78 is 5.79. The number of aliphatic imine (C=N–C) groups is 1. The normalized spacial score (nSPS) is 16.1.